The number of aliphatic imine (C=N–C) groups is 1. The molecular formula is C23H24N6O2. The molecule has 8 nitrogen and oxygen atoms in total. The van der Waals surface area contributed by atoms with E-state index in [2.05, 4.69) is 20.5 Å². The molecule has 0 unspecified atom stereocenters. The number of likely N-dealkylation sites (tertiary alicyclic amines) is 1. The number of nitrogens with one attached hydrogen (secondary N) is 1. The van der Waals surface area contributed by atoms with Crippen molar-refractivity contribution in [2.75, 3.05) is 13.1 Å². The first kappa shape index (κ1) is 19.3. The molecule has 1 amide bonds. The SMILES string of the molecule is O=C(c1ccccc1-n1nccn1)N1CCC[C@@H](NC2=NCc3ccccc3O2)CC1. The normalized spacial score (nSPS) is 18.4. The van der Waals surface area contributed by atoms with Crippen LogP contribution in [0, 0.1) is 0 Å². The Labute approximate surface area is 180 Å². The minimum atomic E-state index is 0.00809. The summed E-state index contributed by atoms with van der Waals surface area (Å²) in [6.07, 6.45) is 5.92. The molecule has 0 spiro atoms. The molecule has 1 saturated heterocycles. The van der Waals surface area contributed by atoms with Gasteiger partial charge in [0.15, 0.2) is 0 Å². The number of aromatic nitrogens is 3. The van der Waals surface area contributed by atoms with Gasteiger partial charge in [-0.05, 0) is 37.5 Å². The second kappa shape index (κ2) is 8.59. The van der Waals surface area contributed by atoms with Gasteiger partial charge in [0.2, 0.25) is 0 Å². The zero-order chi connectivity index (χ0) is 21.0. The van der Waals surface area contributed by atoms with Crippen LogP contribution in [0.3, 0.4) is 0 Å². The maximum Gasteiger partial charge on any atom is 0.290 e. The predicted octanol–water partition coefficient (Wildman–Crippen LogP) is 2.80. The van der Waals surface area contributed by atoms with Crippen molar-refractivity contribution in [2.24, 2.45) is 4.99 Å². The number of carbonyl (C=O) groups excluding carboxylic acids is 1. The summed E-state index contributed by atoms with van der Waals surface area (Å²) in [5.41, 5.74) is 2.40. The van der Waals surface area contributed by atoms with Crippen LogP contribution in [-0.4, -0.2) is 51.0 Å². The van der Waals surface area contributed by atoms with E-state index in [1.807, 2.05) is 53.4 Å². The molecule has 5 rings (SSSR count). The van der Waals surface area contributed by atoms with Crippen LogP contribution in [0.15, 0.2) is 65.9 Å². The topological polar surface area (TPSA) is 84.6 Å². The number of fused-ring (bicyclic) bond motifs is 1. The maximum absolute atomic E-state index is 13.3. The molecule has 1 aromatic heterocycles. The van der Waals surface area contributed by atoms with Crippen LogP contribution >= 0.6 is 0 Å². The Morgan fingerprint density at radius 1 is 1.00 bits per heavy atom. The molecule has 1 atom stereocenters. The van der Waals surface area contributed by atoms with Crippen molar-refractivity contribution in [3.05, 3.63) is 72.1 Å². The fraction of sp³-hybridized carbons (Fsp3) is 0.304. The summed E-state index contributed by atoms with van der Waals surface area (Å²) in [6.45, 7) is 2.00. The number of hydrogen-bond acceptors (Lipinski definition) is 6. The van der Waals surface area contributed by atoms with E-state index < -0.39 is 0 Å². The van der Waals surface area contributed by atoms with Crippen LogP contribution in [0.1, 0.15) is 35.2 Å². The summed E-state index contributed by atoms with van der Waals surface area (Å²) in [6, 6.07) is 16.2. The second-order valence-electron chi connectivity index (χ2n) is 7.73. The molecular weight excluding hydrogens is 392 g/mol. The number of amides is 1. The second-order valence-corrected chi connectivity index (χ2v) is 7.73. The molecule has 1 fully saturated rings. The van der Waals surface area contributed by atoms with Crippen LogP contribution in [-0.2, 0) is 6.54 Å². The van der Waals surface area contributed by atoms with Crippen LogP contribution in [0.25, 0.3) is 5.69 Å². The van der Waals surface area contributed by atoms with Gasteiger partial charge in [-0.1, -0.05) is 30.3 Å². The molecule has 1 N–H and O–H groups in total. The molecule has 158 valence electrons. The quantitative estimate of drug-likeness (QED) is 0.710. The molecule has 3 heterocycles. The van der Waals surface area contributed by atoms with Crippen LogP contribution in [0.5, 0.6) is 5.75 Å². The highest BCUT2D eigenvalue weighted by Gasteiger charge is 2.25. The molecule has 2 aliphatic heterocycles. The van der Waals surface area contributed by atoms with Crippen molar-refractivity contribution in [2.45, 2.75) is 31.8 Å². The Hall–Kier alpha value is -3.68. The van der Waals surface area contributed by atoms with E-state index >= 15 is 0 Å². The summed E-state index contributed by atoms with van der Waals surface area (Å²) < 4.78 is 5.92. The fourth-order valence-corrected chi connectivity index (χ4v) is 4.06. The zero-order valence-electron chi connectivity index (χ0n) is 17.1. The van der Waals surface area contributed by atoms with Gasteiger partial charge in [-0.3, -0.25) is 4.79 Å². The Balaban J connectivity index is 1.24. The van der Waals surface area contributed by atoms with Crippen molar-refractivity contribution in [3.8, 4) is 11.4 Å². The van der Waals surface area contributed by atoms with E-state index in [-0.39, 0.29) is 11.9 Å². The summed E-state index contributed by atoms with van der Waals surface area (Å²) >= 11 is 0. The van der Waals surface area contributed by atoms with Gasteiger partial charge in [0.05, 0.1) is 30.2 Å². The van der Waals surface area contributed by atoms with Gasteiger partial charge in [0.25, 0.3) is 11.9 Å². The first-order chi connectivity index (χ1) is 15.3. The molecule has 3 aromatic rings. The van der Waals surface area contributed by atoms with Crippen LogP contribution in [0.2, 0.25) is 0 Å². The van der Waals surface area contributed by atoms with Gasteiger partial charge in [-0.25, -0.2) is 4.99 Å². The molecule has 31 heavy (non-hydrogen) atoms. The van der Waals surface area contributed by atoms with Gasteiger partial charge >= 0.3 is 0 Å². The molecule has 0 bridgehead atoms. The van der Waals surface area contributed by atoms with Gasteiger partial charge in [-0.2, -0.15) is 15.0 Å². The van der Waals surface area contributed by atoms with Crippen molar-refractivity contribution < 1.29 is 9.53 Å². The van der Waals surface area contributed by atoms with Crippen LogP contribution < -0.4 is 10.1 Å². The van der Waals surface area contributed by atoms with Crippen molar-refractivity contribution >= 4 is 11.9 Å². The lowest BCUT2D eigenvalue weighted by molar-refractivity contribution is 0.0760. The largest absolute Gasteiger partial charge is 0.426 e. The minimum absolute atomic E-state index is 0.00809. The molecule has 0 aliphatic carbocycles. The lowest BCUT2D eigenvalue weighted by atomic mass is 10.1. The monoisotopic (exact) mass is 416 g/mol. The number of para-hydroxylation sites is 2. The van der Waals surface area contributed by atoms with E-state index in [1.54, 1.807) is 12.4 Å². The van der Waals surface area contributed by atoms with Gasteiger partial charge in [-0.15, -0.1) is 0 Å². The number of benzene rings is 2. The molecule has 2 aliphatic rings. The van der Waals surface area contributed by atoms with Crippen LogP contribution in [0.4, 0.5) is 0 Å². The Morgan fingerprint density at radius 3 is 2.71 bits per heavy atom. The standard InChI is InChI=1S/C23H24N6O2/c30-22(19-8-2-3-9-20(19)29-25-12-13-26-29)28-14-5-7-18(11-15-28)27-23-24-16-17-6-1-4-10-21(17)31-23/h1-4,6,8-10,12-13,18H,5,7,11,14-16H2,(H,24,27)/t18-/m1/s1. The minimum Gasteiger partial charge on any atom is -0.426 e. The van der Waals surface area contributed by atoms with Crippen molar-refractivity contribution in [1.29, 1.82) is 0 Å². The first-order valence-corrected chi connectivity index (χ1v) is 10.6. The van der Waals surface area contributed by atoms with E-state index in [0.717, 1.165) is 30.6 Å². The number of nitrogens with zero attached hydrogens (tertiary/aromatic N) is 5. The van der Waals surface area contributed by atoms with Crippen molar-refractivity contribution in [3.63, 3.8) is 0 Å². The highest BCUT2D eigenvalue weighted by atomic mass is 16.5. The molecule has 0 radical (unpaired) electrons. The number of amidine groups is 1. The van der Waals surface area contributed by atoms with E-state index in [9.17, 15) is 4.79 Å². The lowest BCUT2D eigenvalue weighted by Gasteiger charge is -2.23. The highest BCUT2D eigenvalue weighted by molar-refractivity contribution is 5.97. The average molecular weight is 416 g/mol. The summed E-state index contributed by atoms with van der Waals surface area (Å²) in [4.78, 5) is 21.2. The Bertz CT molecular complexity index is 1090. The summed E-state index contributed by atoms with van der Waals surface area (Å²) in [5, 5.41) is 11.8. The zero-order valence-corrected chi connectivity index (χ0v) is 17.1. The van der Waals surface area contributed by atoms with Gasteiger partial charge < -0.3 is 15.0 Å². The summed E-state index contributed by atoms with van der Waals surface area (Å²) in [7, 11) is 0. The van der Waals surface area contributed by atoms with E-state index in [0.29, 0.717) is 36.9 Å². The third kappa shape index (κ3) is 4.14. The highest BCUT2D eigenvalue weighted by Crippen LogP contribution is 2.23. The third-order valence-electron chi connectivity index (χ3n) is 5.68. The smallest absolute Gasteiger partial charge is 0.290 e. The van der Waals surface area contributed by atoms with Gasteiger partial charge in [0.1, 0.15) is 5.75 Å². The van der Waals surface area contributed by atoms with E-state index in [4.69, 9.17) is 4.74 Å². The third-order valence-corrected chi connectivity index (χ3v) is 5.68. The number of hydrogen-bond donors (Lipinski definition) is 1. The summed E-state index contributed by atoms with van der Waals surface area (Å²) in [5.74, 6) is 0.864. The average Bonchev–Trinajstić information content (AvgIpc) is 3.25. The molecule has 2 aromatic carbocycles. The number of rotatable bonds is 3. The maximum atomic E-state index is 13.3. The Kier molecular flexibility index (Phi) is 5.35. The first-order valence-electron chi connectivity index (χ1n) is 10.6. The number of carbonyl (C=O) groups is 1. The molecule has 0 saturated carbocycles. The molecule has 8 heteroatoms. The van der Waals surface area contributed by atoms with Gasteiger partial charge in [0, 0.05) is 24.7 Å². The van der Waals surface area contributed by atoms with E-state index in [1.165, 1.54) is 4.80 Å². The Morgan fingerprint density at radius 2 is 1.81 bits per heavy atom. The predicted molar refractivity (Wildman–Crippen MR) is 116 cm³/mol. The number of ether oxygens (including phenoxy) is 1. The fourth-order valence-electron chi connectivity index (χ4n) is 4.06. The van der Waals surface area contributed by atoms with Crippen molar-refractivity contribution in [1.82, 2.24) is 25.2 Å². The lowest BCUT2D eigenvalue weighted by Crippen LogP contribution is -2.40.